The van der Waals surface area contributed by atoms with Crippen molar-refractivity contribution in [3.63, 3.8) is 0 Å². The van der Waals surface area contributed by atoms with Crippen LogP contribution in [0.15, 0.2) is 28.2 Å². The molecule has 152 valence electrons. The molecule has 2 aromatic rings. The second-order valence-electron chi connectivity index (χ2n) is 6.85. The molecule has 0 bridgehead atoms. The molecular formula is C20H27N3O4S. The molecule has 0 aliphatic heterocycles. The molecule has 0 saturated heterocycles. The van der Waals surface area contributed by atoms with Crippen LogP contribution in [-0.4, -0.2) is 39.8 Å². The Morgan fingerprint density at radius 2 is 2.00 bits per heavy atom. The zero-order chi connectivity index (χ0) is 20.8. The summed E-state index contributed by atoms with van der Waals surface area (Å²) < 4.78 is 6.37. The molecule has 28 heavy (non-hydrogen) atoms. The third-order valence-electron chi connectivity index (χ3n) is 4.16. The normalized spacial score (nSPS) is 12.2. The number of hydrogen-bond donors (Lipinski definition) is 1. The van der Waals surface area contributed by atoms with Gasteiger partial charge in [-0.1, -0.05) is 25.1 Å². The van der Waals surface area contributed by atoms with Crippen molar-refractivity contribution in [2.45, 2.75) is 63.5 Å². The van der Waals surface area contributed by atoms with Gasteiger partial charge in [-0.2, -0.15) is 0 Å². The number of fused-ring (bicyclic) bond motifs is 1. The van der Waals surface area contributed by atoms with E-state index in [9.17, 15) is 14.4 Å². The molecule has 0 spiro atoms. The number of benzene rings is 1. The van der Waals surface area contributed by atoms with Gasteiger partial charge in [0.1, 0.15) is 0 Å². The first kappa shape index (κ1) is 21.9. The topological polar surface area (TPSA) is 90.3 Å². The molecule has 0 fully saturated rings. The summed E-state index contributed by atoms with van der Waals surface area (Å²) in [5.41, 5.74) is 0.572. The van der Waals surface area contributed by atoms with E-state index < -0.39 is 11.2 Å². The lowest BCUT2D eigenvalue weighted by Gasteiger charge is -2.17. The number of esters is 1. The number of unbranched alkanes of at least 4 members (excludes halogenated alkanes) is 1. The van der Waals surface area contributed by atoms with Crippen LogP contribution in [0.2, 0.25) is 0 Å². The Bertz CT molecular complexity index is 924. The maximum Gasteiger partial charge on any atom is 0.337 e. The first-order chi connectivity index (χ1) is 13.3. The predicted octanol–water partition coefficient (Wildman–Crippen LogP) is 2.99. The summed E-state index contributed by atoms with van der Waals surface area (Å²) in [6.45, 7) is 8.16. The number of aromatic nitrogens is 2. The summed E-state index contributed by atoms with van der Waals surface area (Å²) in [7, 11) is 1.30. The zero-order valence-electron chi connectivity index (χ0n) is 16.9. The van der Waals surface area contributed by atoms with Crippen molar-refractivity contribution in [2.75, 3.05) is 7.11 Å². The van der Waals surface area contributed by atoms with E-state index in [0.717, 1.165) is 12.8 Å². The van der Waals surface area contributed by atoms with Crippen LogP contribution in [0.25, 0.3) is 10.9 Å². The zero-order valence-corrected chi connectivity index (χ0v) is 17.8. The van der Waals surface area contributed by atoms with Crippen LogP contribution in [-0.2, 0) is 16.1 Å². The number of thioether (sulfide) groups is 1. The standard InChI is InChI=1S/C20H27N3O4S/c1-6-7-10-23-18(25)15-9-8-14(19(26)27-5)11-16(15)22-20(23)28-13(4)17(24)21-12(2)3/h8-9,11-13H,6-7,10H2,1-5H3,(H,21,24)/t13-/m0/s1. The number of nitrogens with zero attached hydrogens (tertiary/aromatic N) is 2. The van der Waals surface area contributed by atoms with Crippen molar-refractivity contribution in [3.8, 4) is 0 Å². The van der Waals surface area contributed by atoms with Crippen LogP contribution < -0.4 is 10.9 Å². The highest BCUT2D eigenvalue weighted by molar-refractivity contribution is 8.00. The Hall–Kier alpha value is -2.35. The summed E-state index contributed by atoms with van der Waals surface area (Å²) in [6.07, 6.45) is 1.76. The fraction of sp³-hybridized carbons (Fsp3) is 0.500. The quantitative estimate of drug-likeness (QED) is 0.412. The van der Waals surface area contributed by atoms with Gasteiger partial charge in [0.05, 0.1) is 28.8 Å². The molecule has 2 rings (SSSR count). The number of hydrogen-bond acceptors (Lipinski definition) is 6. The lowest BCUT2D eigenvalue weighted by atomic mass is 10.1. The molecule has 8 heteroatoms. The van der Waals surface area contributed by atoms with Crippen LogP contribution in [0.3, 0.4) is 0 Å². The van der Waals surface area contributed by atoms with Crippen LogP contribution in [0.4, 0.5) is 0 Å². The molecule has 1 heterocycles. The van der Waals surface area contributed by atoms with E-state index in [4.69, 9.17) is 4.74 Å². The average molecular weight is 406 g/mol. The fourth-order valence-corrected chi connectivity index (χ4v) is 3.61. The van der Waals surface area contributed by atoms with Gasteiger partial charge in [0, 0.05) is 12.6 Å². The summed E-state index contributed by atoms with van der Waals surface area (Å²) in [4.78, 5) is 41.8. The first-order valence-corrected chi connectivity index (χ1v) is 10.3. The second-order valence-corrected chi connectivity index (χ2v) is 8.16. The molecule has 0 aliphatic rings. The van der Waals surface area contributed by atoms with Gasteiger partial charge in [0.25, 0.3) is 5.56 Å². The Labute approximate surface area is 168 Å². The number of carbonyl (C=O) groups excluding carboxylic acids is 2. The predicted molar refractivity (Wildman–Crippen MR) is 111 cm³/mol. The monoisotopic (exact) mass is 405 g/mol. The minimum Gasteiger partial charge on any atom is -0.465 e. The van der Waals surface area contributed by atoms with E-state index >= 15 is 0 Å². The van der Waals surface area contributed by atoms with Gasteiger partial charge in [-0.25, -0.2) is 9.78 Å². The van der Waals surface area contributed by atoms with Gasteiger partial charge < -0.3 is 10.1 Å². The Balaban J connectivity index is 2.51. The fourth-order valence-electron chi connectivity index (χ4n) is 2.66. The number of nitrogens with one attached hydrogen (secondary N) is 1. The highest BCUT2D eigenvalue weighted by atomic mass is 32.2. The summed E-state index contributed by atoms with van der Waals surface area (Å²) in [5.74, 6) is -0.600. The lowest BCUT2D eigenvalue weighted by molar-refractivity contribution is -0.120. The molecule has 1 aromatic heterocycles. The number of methoxy groups -OCH3 is 1. The number of amides is 1. The minimum absolute atomic E-state index is 0.0324. The maximum atomic E-state index is 13.0. The first-order valence-electron chi connectivity index (χ1n) is 9.38. The van der Waals surface area contributed by atoms with Crippen molar-refractivity contribution in [3.05, 3.63) is 34.1 Å². The van der Waals surface area contributed by atoms with Gasteiger partial charge in [0.2, 0.25) is 5.91 Å². The smallest absolute Gasteiger partial charge is 0.337 e. The van der Waals surface area contributed by atoms with Crippen molar-refractivity contribution in [2.24, 2.45) is 0 Å². The SMILES string of the molecule is CCCCn1c(S[C@@H](C)C(=O)NC(C)C)nc2cc(C(=O)OC)ccc2c1=O. The Morgan fingerprint density at radius 3 is 2.61 bits per heavy atom. The van der Waals surface area contributed by atoms with Gasteiger partial charge in [0.15, 0.2) is 5.16 Å². The maximum absolute atomic E-state index is 13.0. The van der Waals surface area contributed by atoms with E-state index in [2.05, 4.69) is 10.3 Å². The molecule has 1 amide bonds. The molecule has 7 nitrogen and oxygen atoms in total. The van der Waals surface area contributed by atoms with E-state index in [1.165, 1.54) is 18.9 Å². The number of carbonyl (C=O) groups is 2. The molecule has 0 saturated carbocycles. The van der Waals surface area contributed by atoms with Crippen LogP contribution in [0.5, 0.6) is 0 Å². The highest BCUT2D eigenvalue weighted by Gasteiger charge is 2.20. The highest BCUT2D eigenvalue weighted by Crippen LogP contribution is 2.24. The Kier molecular flexibility index (Phi) is 7.62. The lowest BCUT2D eigenvalue weighted by Crippen LogP contribution is -2.36. The molecule has 1 aromatic carbocycles. The summed E-state index contributed by atoms with van der Waals surface area (Å²) >= 11 is 1.24. The number of rotatable bonds is 8. The van der Waals surface area contributed by atoms with E-state index in [0.29, 0.717) is 28.2 Å². The summed E-state index contributed by atoms with van der Waals surface area (Å²) in [5, 5.41) is 3.37. The third-order valence-corrected chi connectivity index (χ3v) is 5.25. The van der Waals surface area contributed by atoms with Gasteiger partial charge in [-0.3, -0.25) is 14.2 Å². The van der Waals surface area contributed by atoms with Gasteiger partial charge in [-0.15, -0.1) is 0 Å². The van der Waals surface area contributed by atoms with E-state index in [1.54, 1.807) is 29.7 Å². The molecule has 0 unspecified atom stereocenters. The molecule has 0 aliphatic carbocycles. The van der Waals surface area contributed by atoms with Gasteiger partial charge in [-0.05, 0) is 45.4 Å². The van der Waals surface area contributed by atoms with Crippen molar-refractivity contribution < 1.29 is 14.3 Å². The van der Waals surface area contributed by atoms with Crippen LogP contribution >= 0.6 is 11.8 Å². The average Bonchev–Trinajstić information content (AvgIpc) is 2.66. The van der Waals surface area contributed by atoms with Crippen molar-refractivity contribution in [1.82, 2.24) is 14.9 Å². The molecule has 1 atom stereocenters. The largest absolute Gasteiger partial charge is 0.465 e. The molecular weight excluding hydrogens is 378 g/mol. The number of ether oxygens (including phenoxy) is 1. The molecule has 1 N–H and O–H groups in total. The Morgan fingerprint density at radius 1 is 1.29 bits per heavy atom. The van der Waals surface area contributed by atoms with Crippen molar-refractivity contribution in [1.29, 1.82) is 0 Å². The summed E-state index contributed by atoms with van der Waals surface area (Å²) in [6, 6.07) is 4.75. The van der Waals surface area contributed by atoms with E-state index in [1.807, 2.05) is 20.8 Å². The van der Waals surface area contributed by atoms with Crippen molar-refractivity contribution >= 4 is 34.5 Å². The second kappa shape index (κ2) is 9.73. The van der Waals surface area contributed by atoms with Gasteiger partial charge >= 0.3 is 5.97 Å². The third kappa shape index (κ3) is 5.13. The molecule has 0 radical (unpaired) electrons. The minimum atomic E-state index is -0.488. The van der Waals surface area contributed by atoms with Crippen LogP contribution in [0, 0.1) is 0 Å². The van der Waals surface area contributed by atoms with Crippen LogP contribution in [0.1, 0.15) is 50.9 Å². The van der Waals surface area contributed by atoms with E-state index in [-0.39, 0.29) is 17.5 Å².